The summed E-state index contributed by atoms with van der Waals surface area (Å²) in [6.45, 7) is 0. The van der Waals surface area contributed by atoms with E-state index in [1.807, 2.05) is 6.07 Å². The first-order valence-corrected chi connectivity index (χ1v) is 17.1. The van der Waals surface area contributed by atoms with Crippen LogP contribution < -0.4 is 4.90 Å². The molecule has 0 aliphatic rings. The van der Waals surface area contributed by atoms with Gasteiger partial charge >= 0.3 is 0 Å². The topological polar surface area (TPSA) is 16.4 Å². The lowest BCUT2D eigenvalue weighted by atomic mass is 9.95. The van der Waals surface area contributed by atoms with Gasteiger partial charge in [0.05, 0.1) is 0 Å². The van der Waals surface area contributed by atoms with E-state index in [1.165, 1.54) is 43.4 Å². The van der Waals surface area contributed by atoms with Gasteiger partial charge in [-0.3, -0.25) is 0 Å². The van der Waals surface area contributed by atoms with Crippen LogP contribution in [0.4, 0.5) is 17.1 Å². The minimum Gasteiger partial charge on any atom is -0.455 e. The van der Waals surface area contributed by atoms with Crippen molar-refractivity contribution in [1.29, 1.82) is 0 Å². The molecule has 1 heterocycles. The molecular formula is C48H31NO. The summed E-state index contributed by atoms with van der Waals surface area (Å²) in [5.41, 5.74) is 9.74. The molecule has 0 saturated heterocycles. The largest absolute Gasteiger partial charge is 0.455 e. The van der Waals surface area contributed by atoms with E-state index in [2.05, 4.69) is 187 Å². The number of hydrogen-bond donors (Lipinski definition) is 0. The van der Waals surface area contributed by atoms with Gasteiger partial charge in [-0.05, 0) is 97.5 Å². The summed E-state index contributed by atoms with van der Waals surface area (Å²) in [6.07, 6.45) is 0. The summed E-state index contributed by atoms with van der Waals surface area (Å²) in [6, 6.07) is 67.5. The van der Waals surface area contributed by atoms with Crippen molar-refractivity contribution in [3.8, 4) is 22.3 Å². The zero-order chi connectivity index (χ0) is 33.0. The van der Waals surface area contributed by atoms with Crippen LogP contribution in [0.5, 0.6) is 0 Å². The molecule has 10 rings (SSSR count). The second kappa shape index (κ2) is 11.5. The normalized spacial score (nSPS) is 11.6. The average Bonchev–Trinajstić information content (AvgIpc) is 3.56. The highest BCUT2D eigenvalue weighted by Crippen LogP contribution is 2.43. The minimum absolute atomic E-state index is 0.906. The summed E-state index contributed by atoms with van der Waals surface area (Å²) in [4.78, 5) is 2.37. The van der Waals surface area contributed by atoms with Gasteiger partial charge < -0.3 is 9.32 Å². The van der Waals surface area contributed by atoms with Crippen LogP contribution in [0.25, 0.3) is 76.5 Å². The summed E-state index contributed by atoms with van der Waals surface area (Å²) >= 11 is 0. The first kappa shape index (κ1) is 28.4. The smallest absolute Gasteiger partial charge is 0.143 e. The van der Waals surface area contributed by atoms with Crippen molar-refractivity contribution in [1.82, 2.24) is 0 Å². The van der Waals surface area contributed by atoms with Gasteiger partial charge in [0.1, 0.15) is 11.2 Å². The first-order chi connectivity index (χ1) is 24.8. The molecular weight excluding hydrogens is 607 g/mol. The lowest BCUT2D eigenvalue weighted by molar-refractivity contribution is 0.670. The number of hydrogen-bond acceptors (Lipinski definition) is 2. The van der Waals surface area contributed by atoms with Crippen LogP contribution in [0.2, 0.25) is 0 Å². The molecule has 50 heavy (non-hydrogen) atoms. The van der Waals surface area contributed by atoms with Crippen LogP contribution in [0.15, 0.2) is 192 Å². The van der Waals surface area contributed by atoms with Crippen LogP contribution >= 0.6 is 0 Å². The molecule has 0 aliphatic carbocycles. The van der Waals surface area contributed by atoms with Crippen molar-refractivity contribution < 1.29 is 4.42 Å². The zero-order valence-corrected chi connectivity index (χ0v) is 27.3. The highest BCUT2D eigenvalue weighted by atomic mass is 16.3. The predicted octanol–water partition coefficient (Wildman–Crippen LogP) is 13.8. The van der Waals surface area contributed by atoms with Crippen molar-refractivity contribution >= 4 is 71.3 Å². The number of fused-ring (bicyclic) bond motifs is 7. The molecule has 2 heteroatoms. The molecule has 10 aromatic rings. The van der Waals surface area contributed by atoms with Gasteiger partial charge in [-0.2, -0.15) is 0 Å². The second-order valence-corrected chi connectivity index (χ2v) is 12.9. The summed E-state index contributed by atoms with van der Waals surface area (Å²) in [5, 5.41) is 9.63. The monoisotopic (exact) mass is 637 g/mol. The number of furan rings is 1. The molecule has 0 atom stereocenters. The Morgan fingerprint density at radius 3 is 1.78 bits per heavy atom. The molecule has 0 spiro atoms. The van der Waals surface area contributed by atoms with Crippen LogP contribution in [0, 0.1) is 0 Å². The number of anilines is 3. The molecule has 0 amide bonds. The number of para-hydroxylation sites is 1. The number of benzene rings is 9. The predicted molar refractivity (Wildman–Crippen MR) is 212 cm³/mol. The van der Waals surface area contributed by atoms with E-state index < -0.39 is 0 Å². The maximum atomic E-state index is 6.58. The van der Waals surface area contributed by atoms with Crippen molar-refractivity contribution in [3.63, 3.8) is 0 Å². The van der Waals surface area contributed by atoms with Gasteiger partial charge in [0.15, 0.2) is 0 Å². The van der Waals surface area contributed by atoms with Gasteiger partial charge in [0.2, 0.25) is 0 Å². The zero-order valence-electron chi connectivity index (χ0n) is 27.3. The maximum Gasteiger partial charge on any atom is 0.143 e. The Labute approximate surface area is 290 Å². The Bertz CT molecular complexity index is 2870. The fourth-order valence-electron chi connectivity index (χ4n) is 7.62. The molecule has 0 unspecified atom stereocenters. The van der Waals surface area contributed by atoms with E-state index in [1.54, 1.807) is 0 Å². The standard InChI is InChI=1S/C48H31NO/c1-2-11-32(12-3-1)36-15-10-16-39(29-36)49(40-28-23-34-22-21-33-13-4-6-17-41(33)44(34)31-40)38-26-24-35(25-27-38)47-42-18-7-5-14-37(42)30-45-43-19-8-9-20-46(43)50-48(45)47/h1-31H. The number of nitrogens with zero attached hydrogens (tertiary/aromatic N) is 1. The maximum absolute atomic E-state index is 6.58. The minimum atomic E-state index is 0.906. The lowest BCUT2D eigenvalue weighted by Crippen LogP contribution is -2.10. The summed E-state index contributed by atoms with van der Waals surface area (Å²) in [7, 11) is 0. The highest BCUT2D eigenvalue weighted by Gasteiger charge is 2.19. The molecule has 0 N–H and O–H groups in total. The van der Waals surface area contributed by atoms with Crippen molar-refractivity contribution in [2.75, 3.05) is 4.90 Å². The van der Waals surface area contributed by atoms with E-state index in [4.69, 9.17) is 4.42 Å². The molecule has 9 aromatic carbocycles. The fourth-order valence-corrected chi connectivity index (χ4v) is 7.62. The van der Waals surface area contributed by atoms with Gasteiger partial charge in [-0.15, -0.1) is 0 Å². The molecule has 234 valence electrons. The third-order valence-corrected chi connectivity index (χ3v) is 10.0. The molecule has 0 fully saturated rings. The second-order valence-electron chi connectivity index (χ2n) is 12.9. The van der Waals surface area contributed by atoms with Crippen LogP contribution in [0.3, 0.4) is 0 Å². The van der Waals surface area contributed by atoms with Crippen molar-refractivity contribution in [3.05, 3.63) is 188 Å². The Hall–Kier alpha value is -6.64. The van der Waals surface area contributed by atoms with E-state index >= 15 is 0 Å². The van der Waals surface area contributed by atoms with Crippen LogP contribution in [0.1, 0.15) is 0 Å². The van der Waals surface area contributed by atoms with Gasteiger partial charge in [0.25, 0.3) is 0 Å². The average molecular weight is 638 g/mol. The van der Waals surface area contributed by atoms with Gasteiger partial charge in [0, 0.05) is 33.4 Å². The SMILES string of the molecule is c1ccc(-c2cccc(N(c3ccc(-c4c5ccccc5cc5c4oc4ccccc45)cc3)c3ccc4ccc5ccccc5c4c3)c2)cc1. The van der Waals surface area contributed by atoms with E-state index in [9.17, 15) is 0 Å². The van der Waals surface area contributed by atoms with E-state index in [0.29, 0.717) is 0 Å². The van der Waals surface area contributed by atoms with Crippen molar-refractivity contribution in [2.24, 2.45) is 0 Å². The van der Waals surface area contributed by atoms with Gasteiger partial charge in [-0.1, -0.05) is 140 Å². The Morgan fingerprint density at radius 2 is 0.940 bits per heavy atom. The molecule has 0 bridgehead atoms. The van der Waals surface area contributed by atoms with E-state index in [0.717, 1.165) is 50.1 Å². The lowest BCUT2D eigenvalue weighted by Gasteiger charge is -2.27. The summed E-state index contributed by atoms with van der Waals surface area (Å²) < 4.78 is 6.58. The van der Waals surface area contributed by atoms with E-state index in [-0.39, 0.29) is 0 Å². The fraction of sp³-hybridized carbons (Fsp3) is 0. The third kappa shape index (κ3) is 4.65. The Balaban J connectivity index is 1.17. The van der Waals surface area contributed by atoms with Crippen LogP contribution in [-0.4, -0.2) is 0 Å². The quantitative estimate of drug-likeness (QED) is 0.175. The Morgan fingerprint density at radius 1 is 0.320 bits per heavy atom. The molecule has 0 radical (unpaired) electrons. The Kier molecular flexibility index (Phi) is 6.53. The highest BCUT2D eigenvalue weighted by molar-refractivity contribution is 6.18. The van der Waals surface area contributed by atoms with Gasteiger partial charge in [-0.25, -0.2) is 0 Å². The third-order valence-electron chi connectivity index (χ3n) is 10.0. The van der Waals surface area contributed by atoms with Crippen LogP contribution in [-0.2, 0) is 0 Å². The molecule has 0 saturated carbocycles. The molecule has 2 nitrogen and oxygen atoms in total. The summed E-state index contributed by atoms with van der Waals surface area (Å²) in [5.74, 6) is 0. The first-order valence-electron chi connectivity index (χ1n) is 17.1. The number of rotatable bonds is 5. The molecule has 0 aliphatic heterocycles. The molecule has 1 aromatic heterocycles. The van der Waals surface area contributed by atoms with Crippen molar-refractivity contribution in [2.45, 2.75) is 0 Å².